The first-order valence-electron chi connectivity index (χ1n) is 6.73. The number of hydrogen-bond donors (Lipinski definition) is 1. The van der Waals surface area contributed by atoms with Gasteiger partial charge in [0.2, 0.25) is 15.9 Å². The molecule has 0 radical (unpaired) electrons. The zero-order chi connectivity index (χ0) is 16.9. The third kappa shape index (κ3) is 4.56. The highest BCUT2D eigenvalue weighted by Crippen LogP contribution is 2.17. The number of nitriles is 1. The summed E-state index contributed by atoms with van der Waals surface area (Å²) in [6.45, 7) is -0.348. The van der Waals surface area contributed by atoms with Crippen LogP contribution in [-0.4, -0.2) is 27.1 Å². The van der Waals surface area contributed by atoms with Crippen LogP contribution in [0.3, 0.4) is 0 Å². The highest BCUT2D eigenvalue weighted by molar-refractivity contribution is 7.92. The molecule has 0 spiro atoms. The highest BCUT2D eigenvalue weighted by Gasteiger charge is 2.20. The van der Waals surface area contributed by atoms with Gasteiger partial charge in [-0.3, -0.25) is 9.10 Å². The Bertz CT molecular complexity index is 842. The molecule has 118 valence electrons. The van der Waals surface area contributed by atoms with Gasteiger partial charge in [0, 0.05) is 5.69 Å². The fourth-order valence-corrected chi connectivity index (χ4v) is 2.85. The molecule has 6 nitrogen and oxygen atoms in total. The Kier molecular flexibility index (Phi) is 4.98. The van der Waals surface area contributed by atoms with E-state index in [4.69, 9.17) is 5.26 Å². The van der Waals surface area contributed by atoms with Crippen LogP contribution in [-0.2, 0) is 14.8 Å². The molecule has 0 bridgehead atoms. The van der Waals surface area contributed by atoms with Crippen LogP contribution in [0.15, 0.2) is 54.6 Å². The Labute approximate surface area is 135 Å². The summed E-state index contributed by atoms with van der Waals surface area (Å²) >= 11 is 0. The van der Waals surface area contributed by atoms with Gasteiger partial charge in [-0.2, -0.15) is 5.26 Å². The van der Waals surface area contributed by atoms with Crippen molar-refractivity contribution >= 4 is 27.3 Å². The van der Waals surface area contributed by atoms with Crippen LogP contribution in [0.5, 0.6) is 0 Å². The largest absolute Gasteiger partial charge is 0.324 e. The summed E-state index contributed by atoms with van der Waals surface area (Å²) in [5.41, 5.74) is 1.26. The van der Waals surface area contributed by atoms with Gasteiger partial charge in [0.25, 0.3) is 0 Å². The van der Waals surface area contributed by atoms with Gasteiger partial charge in [-0.25, -0.2) is 8.42 Å². The summed E-state index contributed by atoms with van der Waals surface area (Å²) < 4.78 is 24.9. The molecule has 2 aromatic rings. The zero-order valence-corrected chi connectivity index (χ0v) is 13.2. The SMILES string of the molecule is CS(=O)(=O)N(CC(=O)Nc1cccc(C#N)c1)c1ccccc1. The third-order valence-corrected chi connectivity index (χ3v) is 4.15. The standard InChI is InChI=1S/C16H15N3O3S/c1-23(21,22)19(15-8-3-2-4-9-15)12-16(20)18-14-7-5-6-13(10-14)11-17/h2-10H,12H2,1H3,(H,18,20). The molecule has 0 aliphatic heterocycles. The number of rotatable bonds is 5. The van der Waals surface area contributed by atoms with Crippen molar-refractivity contribution in [1.82, 2.24) is 0 Å². The Morgan fingerprint density at radius 2 is 1.87 bits per heavy atom. The molecular weight excluding hydrogens is 314 g/mol. The van der Waals surface area contributed by atoms with E-state index in [1.54, 1.807) is 48.5 Å². The molecule has 0 aromatic heterocycles. The van der Waals surface area contributed by atoms with E-state index in [1.807, 2.05) is 6.07 Å². The van der Waals surface area contributed by atoms with Gasteiger partial charge < -0.3 is 5.32 Å². The topological polar surface area (TPSA) is 90.3 Å². The molecule has 1 amide bonds. The van der Waals surface area contributed by atoms with E-state index in [0.29, 0.717) is 16.9 Å². The summed E-state index contributed by atoms with van der Waals surface area (Å²) in [6.07, 6.45) is 1.05. The summed E-state index contributed by atoms with van der Waals surface area (Å²) in [7, 11) is -3.60. The Morgan fingerprint density at radius 1 is 1.17 bits per heavy atom. The first kappa shape index (κ1) is 16.5. The molecule has 0 aliphatic rings. The number of nitrogens with zero attached hydrogens (tertiary/aromatic N) is 2. The Balaban J connectivity index is 2.17. The molecule has 1 N–H and O–H groups in total. The maximum absolute atomic E-state index is 12.1. The van der Waals surface area contributed by atoms with Gasteiger partial charge in [0.15, 0.2) is 0 Å². The number of hydrogen-bond acceptors (Lipinski definition) is 4. The summed E-state index contributed by atoms with van der Waals surface area (Å²) in [5, 5.41) is 11.4. The fraction of sp³-hybridized carbons (Fsp3) is 0.125. The van der Waals surface area contributed by atoms with Gasteiger partial charge in [-0.15, -0.1) is 0 Å². The van der Waals surface area contributed by atoms with Crippen molar-refractivity contribution < 1.29 is 13.2 Å². The van der Waals surface area contributed by atoms with Crippen LogP contribution in [0.2, 0.25) is 0 Å². The van der Waals surface area contributed by atoms with E-state index in [0.717, 1.165) is 10.6 Å². The molecule has 0 heterocycles. The molecule has 23 heavy (non-hydrogen) atoms. The number of amides is 1. The van der Waals surface area contributed by atoms with Crippen molar-refractivity contribution in [2.75, 3.05) is 22.4 Å². The van der Waals surface area contributed by atoms with Gasteiger partial charge in [-0.05, 0) is 30.3 Å². The minimum absolute atomic E-state index is 0.348. The van der Waals surface area contributed by atoms with Crippen molar-refractivity contribution in [2.24, 2.45) is 0 Å². The first-order chi connectivity index (χ1) is 10.9. The predicted molar refractivity (Wildman–Crippen MR) is 88.4 cm³/mol. The molecule has 0 fully saturated rings. The van der Waals surface area contributed by atoms with E-state index in [1.165, 1.54) is 6.07 Å². The van der Waals surface area contributed by atoms with Crippen molar-refractivity contribution in [1.29, 1.82) is 5.26 Å². The van der Waals surface area contributed by atoms with Crippen LogP contribution in [0, 0.1) is 11.3 Å². The molecule has 7 heteroatoms. The number of nitrogens with one attached hydrogen (secondary N) is 1. The quantitative estimate of drug-likeness (QED) is 0.908. The predicted octanol–water partition coefficient (Wildman–Crippen LogP) is 1.96. The summed E-state index contributed by atoms with van der Waals surface area (Å²) in [5.74, 6) is -0.491. The third-order valence-electron chi connectivity index (χ3n) is 3.01. The number of anilines is 2. The smallest absolute Gasteiger partial charge is 0.245 e. The number of para-hydroxylation sites is 1. The lowest BCUT2D eigenvalue weighted by Gasteiger charge is -2.21. The van der Waals surface area contributed by atoms with Crippen LogP contribution >= 0.6 is 0 Å². The molecule has 0 atom stereocenters. The first-order valence-corrected chi connectivity index (χ1v) is 8.58. The number of carbonyl (C=O) groups is 1. The van der Waals surface area contributed by atoms with Crippen LogP contribution in [0.4, 0.5) is 11.4 Å². The lowest BCUT2D eigenvalue weighted by molar-refractivity contribution is -0.114. The maximum atomic E-state index is 12.1. The average Bonchev–Trinajstić information content (AvgIpc) is 2.52. The van der Waals surface area contributed by atoms with E-state index < -0.39 is 15.9 Å². The Morgan fingerprint density at radius 3 is 2.48 bits per heavy atom. The lowest BCUT2D eigenvalue weighted by atomic mass is 10.2. The van der Waals surface area contributed by atoms with Crippen LogP contribution in [0.1, 0.15) is 5.56 Å². The van der Waals surface area contributed by atoms with Gasteiger partial charge in [0.1, 0.15) is 6.54 Å². The second kappa shape index (κ2) is 6.94. The van der Waals surface area contributed by atoms with Crippen molar-refractivity contribution in [3.05, 3.63) is 60.2 Å². The van der Waals surface area contributed by atoms with E-state index in [-0.39, 0.29) is 6.54 Å². The Hall–Kier alpha value is -2.85. The van der Waals surface area contributed by atoms with Crippen molar-refractivity contribution in [2.45, 2.75) is 0 Å². The molecular formula is C16H15N3O3S. The number of sulfonamides is 1. The van der Waals surface area contributed by atoms with E-state index in [2.05, 4.69) is 5.32 Å². The van der Waals surface area contributed by atoms with E-state index in [9.17, 15) is 13.2 Å². The number of benzene rings is 2. The van der Waals surface area contributed by atoms with Gasteiger partial charge >= 0.3 is 0 Å². The summed E-state index contributed by atoms with van der Waals surface area (Å²) in [6, 6.07) is 16.8. The fourth-order valence-electron chi connectivity index (χ4n) is 1.99. The molecule has 0 saturated carbocycles. The molecule has 2 rings (SSSR count). The maximum Gasteiger partial charge on any atom is 0.245 e. The highest BCUT2D eigenvalue weighted by atomic mass is 32.2. The minimum Gasteiger partial charge on any atom is -0.324 e. The second-order valence-electron chi connectivity index (χ2n) is 4.85. The molecule has 2 aromatic carbocycles. The molecule has 0 unspecified atom stereocenters. The average molecular weight is 329 g/mol. The second-order valence-corrected chi connectivity index (χ2v) is 6.75. The minimum atomic E-state index is -3.60. The lowest BCUT2D eigenvalue weighted by Crippen LogP contribution is -2.37. The normalized spacial score (nSPS) is 10.6. The van der Waals surface area contributed by atoms with Crippen LogP contribution in [0.25, 0.3) is 0 Å². The molecule has 0 saturated heterocycles. The summed E-state index contributed by atoms with van der Waals surface area (Å²) in [4.78, 5) is 12.1. The van der Waals surface area contributed by atoms with Gasteiger partial charge in [0.05, 0.1) is 23.6 Å². The van der Waals surface area contributed by atoms with Crippen LogP contribution < -0.4 is 9.62 Å². The van der Waals surface area contributed by atoms with Crippen molar-refractivity contribution in [3.63, 3.8) is 0 Å². The zero-order valence-electron chi connectivity index (χ0n) is 12.4. The van der Waals surface area contributed by atoms with E-state index >= 15 is 0 Å². The number of carbonyl (C=O) groups excluding carboxylic acids is 1. The van der Waals surface area contributed by atoms with Crippen molar-refractivity contribution in [3.8, 4) is 6.07 Å². The van der Waals surface area contributed by atoms with Gasteiger partial charge in [-0.1, -0.05) is 24.3 Å². The molecule has 0 aliphatic carbocycles. The monoisotopic (exact) mass is 329 g/mol.